The summed E-state index contributed by atoms with van der Waals surface area (Å²) >= 11 is 6.30. The van der Waals surface area contributed by atoms with Gasteiger partial charge in [-0.1, -0.05) is 42.8 Å². The number of methoxy groups -OCH3 is 1. The van der Waals surface area contributed by atoms with Crippen molar-refractivity contribution in [3.8, 4) is 5.75 Å². The molecule has 0 saturated carbocycles. The second-order valence-corrected chi connectivity index (χ2v) is 9.21. The van der Waals surface area contributed by atoms with E-state index >= 15 is 0 Å². The van der Waals surface area contributed by atoms with Crippen molar-refractivity contribution in [2.45, 2.75) is 33.2 Å². The molecule has 3 aromatic rings. The van der Waals surface area contributed by atoms with Gasteiger partial charge in [0.05, 0.1) is 23.7 Å². The average molecular weight is 519 g/mol. The van der Waals surface area contributed by atoms with Crippen LogP contribution in [0, 0.1) is 0 Å². The van der Waals surface area contributed by atoms with Gasteiger partial charge in [-0.15, -0.1) is 0 Å². The number of rotatable bonds is 8. The normalized spacial score (nSPS) is 16.8. The molecule has 6 nitrogen and oxygen atoms in total. The Kier molecular flexibility index (Phi) is 7.89. The van der Waals surface area contributed by atoms with Crippen molar-refractivity contribution in [2.24, 2.45) is 0 Å². The first-order chi connectivity index (χ1) is 17.8. The molecule has 3 aromatic carbocycles. The molecule has 0 spiro atoms. The van der Waals surface area contributed by atoms with E-state index in [4.69, 9.17) is 16.3 Å². The van der Waals surface area contributed by atoms with E-state index in [-0.39, 0.29) is 16.4 Å². The lowest BCUT2D eigenvalue weighted by atomic mass is 9.94. The summed E-state index contributed by atoms with van der Waals surface area (Å²) in [7, 11) is 1.50. The fraction of sp³-hybridized carbons (Fsp3) is 0.267. The Labute approximate surface area is 222 Å². The van der Waals surface area contributed by atoms with E-state index in [1.165, 1.54) is 18.1 Å². The van der Waals surface area contributed by atoms with E-state index in [1.54, 1.807) is 12.1 Å². The smallest absolute Gasteiger partial charge is 0.300 e. The molecule has 1 amide bonds. The fourth-order valence-corrected chi connectivity index (χ4v) is 4.99. The second kappa shape index (κ2) is 11.1. The number of aliphatic hydroxyl groups is 1. The molecular formula is C30H31ClN2O4. The van der Waals surface area contributed by atoms with E-state index in [0.29, 0.717) is 17.0 Å². The molecule has 0 aliphatic carbocycles. The molecule has 1 saturated heterocycles. The van der Waals surface area contributed by atoms with Gasteiger partial charge in [0.1, 0.15) is 11.5 Å². The maximum absolute atomic E-state index is 13.4. The number of carbonyl (C=O) groups excluding carboxylic acids is 2. The summed E-state index contributed by atoms with van der Waals surface area (Å²) in [4.78, 5) is 30.5. The topological polar surface area (TPSA) is 70.1 Å². The Morgan fingerprint density at radius 1 is 0.973 bits per heavy atom. The molecule has 0 radical (unpaired) electrons. The number of carbonyl (C=O) groups is 2. The molecule has 0 aromatic heterocycles. The van der Waals surface area contributed by atoms with Crippen molar-refractivity contribution in [3.63, 3.8) is 0 Å². The standard InChI is InChI=1S/C30H31ClN2O4/c1-5-19-8-13-23(14-9-19)33-27(20-10-15-22(16-11-20)32(6-2)7-3)26(29(35)30(33)36)28(34)21-12-17-25(37-4)24(31)18-21/h8-18,27,34H,5-7H2,1-4H3/b28-26-. The minimum atomic E-state index is -0.806. The average Bonchev–Trinajstić information content (AvgIpc) is 3.19. The van der Waals surface area contributed by atoms with Gasteiger partial charge in [0.15, 0.2) is 0 Å². The number of Topliss-reactive ketones (excluding diaryl/α,β-unsaturated/α-hetero) is 1. The van der Waals surface area contributed by atoms with E-state index in [1.807, 2.05) is 48.5 Å². The number of hydrogen-bond donors (Lipinski definition) is 1. The first-order valence-corrected chi connectivity index (χ1v) is 12.8. The summed E-state index contributed by atoms with van der Waals surface area (Å²) < 4.78 is 5.21. The first-order valence-electron chi connectivity index (χ1n) is 12.4. The van der Waals surface area contributed by atoms with Crippen LogP contribution in [0.4, 0.5) is 11.4 Å². The highest BCUT2D eigenvalue weighted by Crippen LogP contribution is 2.43. The van der Waals surface area contributed by atoms with E-state index in [0.717, 1.165) is 36.3 Å². The van der Waals surface area contributed by atoms with Gasteiger partial charge in [-0.3, -0.25) is 14.5 Å². The Bertz CT molecular complexity index is 1330. The molecule has 7 heteroatoms. The lowest BCUT2D eigenvalue weighted by Crippen LogP contribution is -2.29. The molecule has 4 rings (SSSR count). The number of amides is 1. The van der Waals surface area contributed by atoms with Crippen molar-refractivity contribution < 1.29 is 19.4 Å². The summed E-state index contributed by atoms with van der Waals surface area (Å²) in [6, 6.07) is 19.3. The zero-order valence-electron chi connectivity index (χ0n) is 21.5. The Morgan fingerprint density at radius 3 is 2.16 bits per heavy atom. The minimum absolute atomic E-state index is 0.0152. The van der Waals surface area contributed by atoms with Crippen molar-refractivity contribution in [3.05, 3.63) is 94.0 Å². The van der Waals surface area contributed by atoms with Gasteiger partial charge in [0, 0.05) is 30.0 Å². The van der Waals surface area contributed by atoms with Crippen molar-refractivity contribution >= 4 is 40.4 Å². The van der Waals surface area contributed by atoms with Crippen LogP contribution in [0.15, 0.2) is 72.3 Å². The lowest BCUT2D eigenvalue weighted by molar-refractivity contribution is -0.132. The van der Waals surface area contributed by atoms with Gasteiger partial charge >= 0.3 is 0 Å². The van der Waals surface area contributed by atoms with E-state index < -0.39 is 17.7 Å². The van der Waals surface area contributed by atoms with Crippen molar-refractivity contribution in [2.75, 3.05) is 30.0 Å². The fourth-order valence-electron chi connectivity index (χ4n) is 4.73. The third-order valence-electron chi connectivity index (χ3n) is 6.83. The summed E-state index contributed by atoms with van der Waals surface area (Å²) in [5.41, 5.74) is 3.81. The van der Waals surface area contributed by atoms with Crippen LogP contribution < -0.4 is 14.5 Å². The van der Waals surface area contributed by atoms with Crippen LogP contribution in [0.3, 0.4) is 0 Å². The highest BCUT2D eigenvalue weighted by atomic mass is 35.5. The number of nitrogens with zero attached hydrogens (tertiary/aromatic N) is 2. The number of ether oxygens (including phenoxy) is 1. The number of halogens is 1. The monoisotopic (exact) mass is 518 g/mol. The number of hydrogen-bond acceptors (Lipinski definition) is 5. The first kappa shape index (κ1) is 26.3. The quantitative estimate of drug-likeness (QED) is 0.213. The second-order valence-electron chi connectivity index (χ2n) is 8.80. The maximum atomic E-state index is 13.4. The Balaban J connectivity index is 1.89. The molecular weight excluding hydrogens is 488 g/mol. The molecule has 1 aliphatic rings. The molecule has 1 fully saturated rings. The van der Waals surface area contributed by atoms with E-state index in [9.17, 15) is 14.7 Å². The lowest BCUT2D eigenvalue weighted by Gasteiger charge is -2.27. The van der Waals surface area contributed by atoms with Crippen LogP contribution >= 0.6 is 11.6 Å². The van der Waals surface area contributed by atoms with Crippen molar-refractivity contribution in [1.29, 1.82) is 0 Å². The molecule has 1 atom stereocenters. The summed E-state index contributed by atoms with van der Waals surface area (Å²) in [6.07, 6.45) is 0.855. The molecule has 1 aliphatic heterocycles. The van der Waals surface area contributed by atoms with E-state index in [2.05, 4.69) is 25.7 Å². The summed E-state index contributed by atoms with van der Waals surface area (Å²) in [5, 5.41) is 11.7. The Hall–Kier alpha value is -3.77. The van der Waals surface area contributed by atoms with Gasteiger partial charge in [-0.25, -0.2) is 0 Å². The number of aryl methyl sites for hydroxylation is 1. The number of benzene rings is 3. The van der Waals surface area contributed by atoms with Crippen LogP contribution in [0.1, 0.15) is 43.5 Å². The number of anilines is 2. The predicted octanol–water partition coefficient (Wildman–Crippen LogP) is 6.38. The molecule has 37 heavy (non-hydrogen) atoms. The largest absolute Gasteiger partial charge is 0.507 e. The maximum Gasteiger partial charge on any atom is 0.300 e. The molecule has 0 bridgehead atoms. The van der Waals surface area contributed by atoms with Gasteiger partial charge in [0.25, 0.3) is 11.7 Å². The molecule has 1 unspecified atom stereocenters. The Morgan fingerprint density at radius 2 is 1.62 bits per heavy atom. The van der Waals surface area contributed by atoms with Gasteiger partial charge in [-0.2, -0.15) is 0 Å². The highest BCUT2D eigenvalue weighted by Gasteiger charge is 2.47. The van der Waals surface area contributed by atoms with Crippen LogP contribution in [-0.2, 0) is 16.0 Å². The van der Waals surface area contributed by atoms with Crippen LogP contribution in [0.25, 0.3) is 5.76 Å². The predicted molar refractivity (Wildman–Crippen MR) is 149 cm³/mol. The molecule has 1 heterocycles. The van der Waals surface area contributed by atoms with Gasteiger partial charge < -0.3 is 14.7 Å². The zero-order valence-corrected chi connectivity index (χ0v) is 22.2. The van der Waals surface area contributed by atoms with Crippen LogP contribution in [-0.4, -0.2) is 37.0 Å². The van der Waals surface area contributed by atoms with Crippen LogP contribution in [0.2, 0.25) is 5.02 Å². The van der Waals surface area contributed by atoms with Crippen molar-refractivity contribution in [1.82, 2.24) is 0 Å². The molecule has 1 N–H and O–H groups in total. The third-order valence-corrected chi connectivity index (χ3v) is 7.13. The number of ketones is 1. The third kappa shape index (κ3) is 4.94. The number of aliphatic hydroxyl groups excluding tert-OH is 1. The zero-order chi connectivity index (χ0) is 26.7. The van der Waals surface area contributed by atoms with Crippen LogP contribution in [0.5, 0.6) is 5.75 Å². The van der Waals surface area contributed by atoms with Gasteiger partial charge in [0.2, 0.25) is 0 Å². The van der Waals surface area contributed by atoms with Gasteiger partial charge in [-0.05, 0) is 73.9 Å². The highest BCUT2D eigenvalue weighted by molar-refractivity contribution is 6.51. The summed E-state index contributed by atoms with van der Waals surface area (Å²) in [5.74, 6) is -1.28. The molecule has 192 valence electrons. The summed E-state index contributed by atoms with van der Waals surface area (Å²) in [6.45, 7) is 7.95. The minimum Gasteiger partial charge on any atom is -0.507 e. The SMILES string of the molecule is CCc1ccc(N2C(=O)C(=O)/C(=C(\O)c3ccc(OC)c(Cl)c3)C2c2ccc(N(CC)CC)cc2)cc1.